The Morgan fingerprint density at radius 2 is 1.91 bits per heavy atom. The molecule has 9 heteroatoms. The maximum absolute atomic E-state index is 13.7. The predicted molar refractivity (Wildman–Crippen MR) is 125 cm³/mol. The highest BCUT2D eigenvalue weighted by atomic mass is 35.5. The lowest BCUT2D eigenvalue weighted by Crippen LogP contribution is -2.37. The van der Waals surface area contributed by atoms with Gasteiger partial charge in [-0.15, -0.1) is 10.2 Å². The van der Waals surface area contributed by atoms with Crippen LogP contribution in [0, 0.1) is 5.82 Å². The van der Waals surface area contributed by atoms with Crippen molar-refractivity contribution in [3.63, 3.8) is 0 Å². The van der Waals surface area contributed by atoms with Crippen molar-refractivity contribution < 1.29 is 13.6 Å². The molecule has 0 saturated carbocycles. The Labute approximate surface area is 201 Å². The first kappa shape index (κ1) is 22.3. The van der Waals surface area contributed by atoms with Gasteiger partial charge in [0.1, 0.15) is 5.82 Å². The second-order valence-corrected chi connectivity index (χ2v) is 8.93. The fourth-order valence-corrected chi connectivity index (χ4v) is 4.45. The molecule has 34 heavy (non-hydrogen) atoms. The first-order chi connectivity index (χ1) is 16.4. The van der Waals surface area contributed by atoms with E-state index in [1.54, 1.807) is 33.8 Å². The molecule has 0 spiro atoms. The van der Waals surface area contributed by atoms with Gasteiger partial charge in [-0.25, -0.2) is 9.07 Å². The van der Waals surface area contributed by atoms with Gasteiger partial charge in [0.25, 0.3) is 5.91 Å². The minimum atomic E-state index is -0.314. The van der Waals surface area contributed by atoms with Crippen LogP contribution in [0.5, 0.6) is 0 Å². The molecule has 0 N–H and O–H groups in total. The molecule has 1 aliphatic carbocycles. The SMILES string of the molecule is CC(C)N(Cc1nnc(-c2ccccc2Cl)o1)C(=O)c1nn(-c2ccc(F)cc2)c2c1CCC2. The van der Waals surface area contributed by atoms with Crippen LogP contribution in [0.4, 0.5) is 4.39 Å². The molecule has 7 nitrogen and oxygen atoms in total. The van der Waals surface area contributed by atoms with Crippen molar-refractivity contribution >= 4 is 17.5 Å². The summed E-state index contributed by atoms with van der Waals surface area (Å²) in [4.78, 5) is 15.3. The third kappa shape index (κ3) is 4.09. The summed E-state index contributed by atoms with van der Waals surface area (Å²) in [6.45, 7) is 4.01. The molecular formula is C25H23ClFN5O2. The maximum Gasteiger partial charge on any atom is 0.275 e. The van der Waals surface area contributed by atoms with Crippen LogP contribution in [-0.2, 0) is 19.4 Å². The highest BCUT2D eigenvalue weighted by Gasteiger charge is 2.31. The van der Waals surface area contributed by atoms with Gasteiger partial charge in [-0.2, -0.15) is 5.10 Å². The van der Waals surface area contributed by atoms with Crippen molar-refractivity contribution in [2.45, 2.75) is 45.7 Å². The normalized spacial score (nSPS) is 12.9. The molecule has 0 radical (unpaired) electrons. The fraction of sp³-hybridized carbons (Fsp3) is 0.280. The van der Waals surface area contributed by atoms with E-state index in [1.165, 1.54) is 12.1 Å². The van der Waals surface area contributed by atoms with Crippen LogP contribution >= 0.6 is 11.6 Å². The minimum absolute atomic E-state index is 0.129. The zero-order chi connectivity index (χ0) is 23.8. The van der Waals surface area contributed by atoms with E-state index in [9.17, 15) is 9.18 Å². The van der Waals surface area contributed by atoms with E-state index < -0.39 is 0 Å². The third-order valence-corrected chi connectivity index (χ3v) is 6.29. The van der Waals surface area contributed by atoms with Gasteiger partial charge in [-0.1, -0.05) is 23.7 Å². The van der Waals surface area contributed by atoms with Gasteiger partial charge in [0.2, 0.25) is 11.8 Å². The fourth-order valence-electron chi connectivity index (χ4n) is 4.24. The highest BCUT2D eigenvalue weighted by Crippen LogP contribution is 2.30. The lowest BCUT2D eigenvalue weighted by Gasteiger charge is -2.24. The summed E-state index contributed by atoms with van der Waals surface area (Å²) >= 11 is 6.25. The van der Waals surface area contributed by atoms with Crippen molar-refractivity contribution in [3.05, 3.63) is 82.2 Å². The minimum Gasteiger partial charge on any atom is -0.419 e. The molecule has 0 saturated heterocycles. The Morgan fingerprint density at radius 1 is 1.15 bits per heavy atom. The van der Waals surface area contributed by atoms with Crippen LogP contribution in [0.1, 0.15) is 47.9 Å². The standard InChI is InChI=1S/C25H23ClFN5O2/c1-15(2)31(14-22-28-29-24(34-22)18-6-3-4-8-20(18)26)25(33)23-19-7-5-9-21(19)32(30-23)17-12-10-16(27)11-13-17/h3-4,6,8,10-13,15H,5,7,9,14H2,1-2H3. The quantitative estimate of drug-likeness (QED) is 0.377. The molecule has 0 atom stereocenters. The maximum atomic E-state index is 13.7. The number of aromatic nitrogens is 4. The molecule has 1 aliphatic rings. The van der Waals surface area contributed by atoms with E-state index in [4.69, 9.17) is 16.0 Å². The molecule has 4 aromatic rings. The number of carbonyl (C=O) groups excluding carboxylic acids is 1. The van der Waals surface area contributed by atoms with E-state index in [0.29, 0.717) is 28.1 Å². The average molecular weight is 480 g/mol. The summed E-state index contributed by atoms with van der Waals surface area (Å²) in [5.74, 6) is 0.0990. The van der Waals surface area contributed by atoms with Crippen molar-refractivity contribution in [3.8, 4) is 17.1 Å². The number of fused-ring (bicyclic) bond motifs is 1. The number of carbonyl (C=O) groups is 1. The van der Waals surface area contributed by atoms with Gasteiger partial charge >= 0.3 is 0 Å². The predicted octanol–water partition coefficient (Wildman–Crippen LogP) is 5.25. The van der Waals surface area contributed by atoms with Crippen LogP contribution in [0.15, 0.2) is 52.9 Å². The molecule has 2 aromatic carbocycles. The first-order valence-electron chi connectivity index (χ1n) is 11.2. The number of amides is 1. The van der Waals surface area contributed by atoms with E-state index in [2.05, 4.69) is 15.3 Å². The van der Waals surface area contributed by atoms with Crippen molar-refractivity contribution in [1.29, 1.82) is 0 Å². The number of hydrogen-bond donors (Lipinski definition) is 0. The number of hydrogen-bond acceptors (Lipinski definition) is 5. The molecule has 2 aromatic heterocycles. The third-order valence-electron chi connectivity index (χ3n) is 5.96. The Kier molecular flexibility index (Phi) is 5.91. The van der Waals surface area contributed by atoms with Crippen molar-refractivity contribution in [2.24, 2.45) is 0 Å². The zero-order valence-electron chi connectivity index (χ0n) is 18.8. The number of benzene rings is 2. The molecule has 5 rings (SSSR count). The second kappa shape index (κ2) is 9.02. The number of halogens is 2. The van der Waals surface area contributed by atoms with E-state index in [-0.39, 0.29) is 24.3 Å². The molecule has 0 fully saturated rings. The summed E-state index contributed by atoms with van der Waals surface area (Å²) in [6, 6.07) is 13.2. The van der Waals surface area contributed by atoms with Crippen LogP contribution in [0.3, 0.4) is 0 Å². The molecule has 2 heterocycles. The van der Waals surface area contributed by atoms with Gasteiger partial charge in [0, 0.05) is 17.3 Å². The Morgan fingerprint density at radius 3 is 2.65 bits per heavy atom. The largest absolute Gasteiger partial charge is 0.419 e. The van der Waals surface area contributed by atoms with Crippen LogP contribution < -0.4 is 0 Å². The van der Waals surface area contributed by atoms with Gasteiger partial charge in [-0.05, 0) is 69.5 Å². The van der Waals surface area contributed by atoms with Gasteiger partial charge in [-0.3, -0.25) is 4.79 Å². The van der Waals surface area contributed by atoms with Gasteiger partial charge in [0.15, 0.2) is 5.69 Å². The summed E-state index contributed by atoms with van der Waals surface area (Å²) in [6.07, 6.45) is 2.54. The van der Waals surface area contributed by atoms with Crippen LogP contribution in [-0.4, -0.2) is 36.8 Å². The molecule has 0 aliphatic heterocycles. The first-order valence-corrected chi connectivity index (χ1v) is 11.5. The molecule has 174 valence electrons. The highest BCUT2D eigenvalue weighted by molar-refractivity contribution is 6.33. The molecule has 0 bridgehead atoms. The van der Waals surface area contributed by atoms with Crippen molar-refractivity contribution in [2.75, 3.05) is 0 Å². The number of nitrogens with zero attached hydrogens (tertiary/aromatic N) is 5. The molecule has 0 unspecified atom stereocenters. The monoisotopic (exact) mass is 479 g/mol. The summed E-state index contributed by atoms with van der Waals surface area (Å²) in [5.41, 5.74) is 3.73. The Balaban J connectivity index is 1.45. The Bertz CT molecular complexity index is 1350. The summed E-state index contributed by atoms with van der Waals surface area (Å²) < 4.78 is 21.0. The second-order valence-electron chi connectivity index (χ2n) is 8.52. The van der Waals surface area contributed by atoms with Crippen LogP contribution in [0.2, 0.25) is 5.02 Å². The van der Waals surface area contributed by atoms with Gasteiger partial charge < -0.3 is 9.32 Å². The average Bonchev–Trinajstić information content (AvgIpc) is 3.55. The summed E-state index contributed by atoms with van der Waals surface area (Å²) in [5, 5.41) is 13.4. The Hall–Kier alpha value is -3.52. The van der Waals surface area contributed by atoms with Crippen molar-refractivity contribution in [1.82, 2.24) is 24.9 Å². The van der Waals surface area contributed by atoms with Crippen LogP contribution in [0.25, 0.3) is 17.1 Å². The molecule has 1 amide bonds. The number of rotatable bonds is 6. The summed E-state index contributed by atoms with van der Waals surface area (Å²) in [7, 11) is 0. The van der Waals surface area contributed by atoms with Gasteiger partial charge in [0.05, 0.1) is 22.8 Å². The van der Waals surface area contributed by atoms with E-state index in [0.717, 1.165) is 36.2 Å². The zero-order valence-corrected chi connectivity index (χ0v) is 19.6. The topological polar surface area (TPSA) is 77.1 Å². The smallest absolute Gasteiger partial charge is 0.275 e. The van der Waals surface area contributed by atoms with E-state index in [1.807, 2.05) is 26.0 Å². The lowest BCUT2D eigenvalue weighted by atomic mass is 10.1. The molecular weight excluding hydrogens is 457 g/mol. The lowest BCUT2D eigenvalue weighted by molar-refractivity contribution is 0.0664. The van der Waals surface area contributed by atoms with E-state index >= 15 is 0 Å².